The standard InChI is InChI=1S/C10H10ClFO2/c1-6(10(13)14-2)8-4-3-7(11)5-9(8)12/h3-6H,1-2H3. The highest BCUT2D eigenvalue weighted by molar-refractivity contribution is 6.30. The fraction of sp³-hybridized carbons (Fsp3) is 0.300. The van der Waals surface area contributed by atoms with E-state index in [0.717, 1.165) is 0 Å². The highest BCUT2D eigenvalue weighted by atomic mass is 35.5. The van der Waals surface area contributed by atoms with Gasteiger partial charge in [0.2, 0.25) is 0 Å². The van der Waals surface area contributed by atoms with Crippen molar-refractivity contribution >= 4 is 17.6 Å². The number of methoxy groups -OCH3 is 1. The van der Waals surface area contributed by atoms with Crippen molar-refractivity contribution in [3.8, 4) is 0 Å². The fourth-order valence-electron chi connectivity index (χ4n) is 1.16. The summed E-state index contributed by atoms with van der Waals surface area (Å²) in [5.41, 5.74) is 0.293. The number of hydrogen-bond donors (Lipinski definition) is 0. The van der Waals surface area contributed by atoms with Crippen LogP contribution in [0.3, 0.4) is 0 Å². The number of carbonyl (C=O) groups is 1. The third-order valence-corrected chi connectivity index (χ3v) is 2.22. The molecule has 0 bridgehead atoms. The number of benzene rings is 1. The Balaban J connectivity index is 3.01. The molecule has 0 heterocycles. The maximum Gasteiger partial charge on any atom is 0.312 e. The minimum atomic E-state index is -0.614. The van der Waals surface area contributed by atoms with Crippen molar-refractivity contribution in [3.05, 3.63) is 34.6 Å². The third-order valence-electron chi connectivity index (χ3n) is 1.98. The summed E-state index contributed by atoms with van der Waals surface area (Å²) in [6, 6.07) is 4.20. The molecule has 1 atom stereocenters. The average molecular weight is 217 g/mol. The van der Waals surface area contributed by atoms with Gasteiger partial charge in [-0.2, -0.15) is 0 Å². The van der Waals surface area contributed by atoms with E-state index in [2.05, 4.69) is 4.74 Å². The van der Waals surface area contributed by atoms with Gasteiger partial charge in [-0.15, -0.1) is 0 Å². The predicted molar refractivity (Wildman–Crippen MR) is 51.8 cm³/mol. The molecule has 0 aliphatic rings. The van der Waals surface area contributed by atoms with E-state index in [4.69, 9.17) is 11.6 Å². The molecule has 0 radical (unpaired) electrons. The zero-order valence-electron chi connectivity index (χ0n) is 7.88. The third kappa shape index (κ3) is 2.23. The summed E-state index contributed by atoms with van der Waals surface area (Å²) in [5, 5.41) is 0.309. The molecule has 0 aliphatic carbocycles. The van der Waals surface area contributed by atoms with E-state index in [9.17, 15) is 9.18 Å². The van der Waals surface area contributed by atoms with E-state index >= 15 is 0 Å². The van der Waals surface area contributed by atoms with Crippen LogP contribution >= 0.6 is 11.6 Å². The highest BCUT2D eigenvalue weighted by Gasteiger charge is 2.19. The van der Waals surface area contributed by atoms with Crippen LogP contribution in [-0.4, -0.2) is 13.1 Å². The zero-order chi connectivity index (χ0) is 10.7. The molecule has 2 nitrogen and oxygen atoms in total. The lowest BCUT2D eigenvalue weighted by Crippen LogP contribution is -2.12. The molecule has 1 rings (SSSR count). The van der Waals surface area contributed by atoms with Gasteiger partial charge in [0.1, 0.15) is 5.82 Å². The number of halogens is 2. The maximum absolute atomic E-state index is 13.3. The summed E-state index contributed by atoms with van der Waals surface area (Å²) < 4.78 is 17.8. The predicted octanol–water partition coefficient (Wildman–Crippen LogP) is 2.76. The van der Waals surface area contributed by atoms with Crippen LogP contribution < -0.4 is 0 Å². The molecule has 1 aromatic carbocycles. The Bertz CT molecular complexity index is 352. The van der Waals surface area contributed by atoms with Crippen molar-refractivity contribution in [1.29, 1.82) is 0 Å². The summed E-state index contributed by atoms with van der Waals surface area (Å²) in [7, 11) is 1.27. The van der Waals surface area contributed by atoms with Crippen molar-refractivity contribution < 1.29 is 13.9 Å². The Hall–Kier alpha value is -1.09. The molecule has 0 saturated carbocycles. The molecule has 0 N–H and O–H groups in total. The van der Waals surface area contributed by atoms with E-state index in [-0.39, 0.29) is 0 Å². The average Bonchev–Trinajstić information content (AvgIpc) is 2.15. The molecule has 1 aromatic rings. The van der Waals surface area contributed by atoms with E-state index in [1.54, 1.807) is 13.0 Å². The summed E-state index contributed by atoms with van der Waals surface area (Å²) in [5.74, 6) is -1.57. The number of ether oxygens (including phenoxy) is 1. The molecule has 0 fully saturated rings. The Labute approximate surface area is 86.6 Å². The lowest BCUT2D eigenvalue weighted by molar-refractivity contribution is -0.142. The van der Waals surface area contributed by atoms with E-state index in [1.165, 1.54) is 19.2 Å². The lowest BCUT2D eigenvalue weighted by atomic mass is 10.0. The molecular formula is C10H10ClFO2. The van der Waals surface area contributed by atoms with Crippen LogP contribution in [0.5, 0.6) is 0 Å². The topological polar surface area (TPSA) is 26.3 Å². The molecule has 0 aromatic heterocycles. The van der Waals surface area contributed by atoms with Crippen LogP contribution in [0.1, 0.15) is 18.4 Å². The van der Waals surface area contributed by atoms with Gasteiger partial charge < -0.3 is 4.74 Å². The molecule has 0 aliphatic heterocycles. The molecule has 76 valence electrons. The van der Waals surface area contributed by atoms with Crippen LogP contribution in [0, 0.1) is 5.82 Å². The Morgan fingerprint density at radius 2 is 2.21 bits per heavy atom. The smallest absolute Gasteiger partial charge is 0.312 e. The second-order valence-corrected chi connectivity index (χ2v) is 3.35. The first kappa shape index (κ1) is 11.0. The van der Waals surface area contributed by atoms with Crippen LogP contribution in [-0.2, 0) is 9.53 Å². The minimum absolute atomic E-state index is 0.293. The highest BCUT2D eigenvalue weighted by Crippen LogP contribution is 2.22. The van der Waals surface area contributed by atoms with Crippen molar-refractivity contribution in [2.45, 2.75) is 12.8 Å². The fourth-order valence-corrected chi connectivity index (χ4v) is 1.32. The van der Waals surface area contributed by atoms with Gasteiger partial charge in [-0.25, -0.2) is 4.39 Å². The molecule has 0 saturated heterocycles. The van der Waals surface area contributed by atoms with Gasteiger partial charge in [0.25, 0.3) is 0 Å². The van der Waals surface area contributed by atoms with Crippen LogP contribution in [0.25, 0.3) is 0 Å². The number of carbonyl (C=O) groups excluding carboxylic acids is 1. The summed E-state index contributed by atoms with van der Waals surface area (Å²) in [6.45, 7) is 1.58. The summed E-state index contributed by atoms with van der Waals surface area (Å²) >= 11 is 5.58. The summed E-state index contributed by atoms with van der Waals surface area (Å²) in [6.07, 6.45) is 0. The SMILES string of the molecule is COC(=O)C(C)c1ccc(Cl)cc1F. The Morgan fingerprint density at radius 1 is 1.57 bits per heavy atom. The molecule has 0 amide bonds. The number of rotatable bonds is 2. The van der Waals surface area contributed by atoms with Gasteiger partial charge in [0.05, 0.1) is 13.0 Å². The van der Waals surface area contributed by atoms with Crippen molar-refractivity contribution in [3.63, 3.8) is 0 Å². The summed E-state index contributed by atoms with van der Waals surface area (Å²) in [4.78, 5) is 11.1. The van der Waals surface area contributed by atoms with Gasteiger partial charge in [0, 0.05) is 10.6 Å². The van der Waals surface area contributed by atoms with Crippen LogP contribution in [0.2, 0.25) is 5.02 Å². The Kier molecular flexibility index (Phi) is 3.47. The first-order chi connectivity index (χ1) is 6.56. The van der Waals surface area contributed by atoms with Gasteiger partial charge in [-0.1, -0.05) is 17.7 Å². The maximum atomic E-state index is 13.3. The van der Waals surface area contributed by atoms with E-state index < -0.39 is 17.7 Å². The van der Waals surface area contributed by atoms with Gasteiger partial charge in [0.15, 0.2) is 0 Å². The molecular weight excluding hydrogens is 207 g/mol. The quantitative estimate of drug-likeness (QED) is 0.711. The first-order valence-electron chi connectivity index (χ1n) is 4.09. The van der Waals surface area contributed by atoms with E-state index in [1.807, 2.05) is 0 Å². The van der Waals surface area contributed by atoms with Crippen molar-refractivity contribution in [2.75, 3.05) is 7.11 Å². The molecule has 0 spiro atoms. The van der Waals surface area contributed by atoms with Crippen LogP contribution in [0.4, 0.5) is 4.39 Å². The van der Waals surface area contributed by atoms with Gasteiger partial charge >= 0.3 is 5.97 Å². The molecule has 4 heteroatoms. The normalized spacial score (nSPS) is 12.3. The largest absolute Gasteiger partial charge is 0.469 e. The molecule has 14 heavy (non-hydrogen) atoms. The first-order valence-corrected chi connectivity index (χ1v) is 4.47. The second kappa shape index (κ2) is 4.42. The van der Waals surface area contributed by atoms with Crippen LogP contribution in [0.15, 0.2) is 18.2 Å². The zero-order valence-corrected chi connectivity index (χ0v) is 8.64. The van der Waals surface area contributed by atoms with Gasteiger partial charge in [-0.3, -0.25) is 4.79 Å². The Morgan fingerprint density at radius 3 is 2.71 bits per heavy atom. The van der Waals surface area contributed by atoms with Crippen molar-refractivity contribution in [1.82, 2.24) is 0 Å². The number of hydrogen-bond acceptors (Lipinski definition) is 2. The molecule has 1 unspecified atom stereocenters. The van der Waals surface area contributed by atoms with Gasteiger partial charge in [-0.05, 0) is 19.1 Å². The van der Waals surface area contributed by atoms with E-state index in [0.29, 0.717) is 10.6 Å². The van der Waals surface area contributed by atoms with Crippen molar-refractivity contribution in [2.24, 2.45) is 0 Å². The minimum Gasteiger partial charge on any atom is -0.469 e. The monoisotopic (exact) mass is 216 g/mol. The lowest BCUT2D eigenvalue weighted by Gasteiger charge is -2.10. The second-order valence-electron chi connectivity index (χ2n) is 2.91. The number of esters is 1.